The highest BCUT2D eigenvalue weighted by molar-refractivity contribution is 5.39. The van der Waals surface area contributed by atoms with Gasteiger partial charge in [0, 0.05) is 5.69 Å². The lowest BCUT2D eigenvalue weighted by atomic mass is 10.1. The van der Waals surface area contributed by atoms with Gasteiger partial charge in [0.25, 0.3) is 6.47 Å². The molecule has 0 spiro atoms. The van der Waals surface area contributed by atoms with Gasteiger partial charge in [-0.3, -0.25) is 4.79 Å². The van der Waals surface area contributed by atoms with Crippen LogP contribution in [0.1, 0.15) is 12.0 Å². The highest BCUT2D eigenvalue weighted by Gasteiger charge is 1.92. The lowest BCUT2D eigenvalue weighted by Gasteiger charge is -2.00. The molecule has 0 aromatic heterocycles. The van der Waals surface area contributed by atoms with Crippen LogP contribution < -0.4 is 5.73 Å². The Morgan fingerprint density at radius 1 is 1.31 bits per heavy atom. The van der Waals surface area contributed by atoms with E-state index in [9.17, 15) is 4.79 Å². The molecule has 0 fully saturated rings. The molecule has 3 heteroatoms. The van der Waals surface area contributed by atoms with Gasteiger partial charge >= 0.3 is 0 Å². The third-order valence-electron chi connectivity index (χ3n) is 1.78. The van der Waals surface area contributed by atoms with Crippen molar-refractivity contribution in [3.63, 3.8) is 0 Å². The first-order chi connectivity index (χ1) is 6.33. The number of hydrogen-bond acceptors (Lipinski definition) is 3. The highest BCUT2D eigenvalue weighted by atomic mass is 16.5. The summed E-state index contributed by atoms with van der Waals surface area (Å²) in [6.45, 7) is 0.955. The summed E-state index contributed by atoms with van der Waals surface area (Å²) in [6.07, 6.45) is 1.76. The summed E-state index contributed by atoms with van der Waals surface area (Å²) in [4.78, 5) is 9.82. The molecule has 0 aliphatic heterocycles. The van der Waals surface area contributed by atoms with Gasteiger partial charge in [0.1, 0.15) is 0 Å². The summed E-state index contributed by atoms with van der Waals surface area (Å²) in [5.74, 6) is 0. The van der Waals surface area contributed by atoms with Crippen molar-refractivity contribution in [1.29, 1.82) is 0 Å². The van der Waals surface area contributed by atoms with Crippen molar-refractivity contribution < 1.29 is 9.53 Å². The van der Waals surface area contributed by atoms with E-state index in [2.05, 4.69) is 4.74 Å². The van der Waals surface area contributed by atoms with E-state index in [4.69, 9.17) is 5.73 Å². The van der Waals surface area contributed by atoms with E-state index in [1.807, 2.05) is 24.3 Å². The Bertz CT molecular complexity index is 256. The molecule has 70 valence electrons. The maximum Gasteiger partial charge on any atom is 0.293 e. The summed E-state index contributed by atoms with van der Waals surface area (Å²) in [5, 5.41) is 0. The van der Waals surface area contributed by atoms with E-state index in [1.165, 1.54) is 5.56 Å². The van der Waals surface area contributed by atoms with Gasteiger partial charge < -0.3 is 10.5 Å². The van der Waals surface area contributed by atoms with E-state index in [0.29, 0.717) is 13.1 Å². The number of anilines is 1. The van der Waals surface area contributed by atoms with E-state index in [0.717, 1.165) is 18.5 Å². The molecule has 0 aliphatic rings. The van der Waals surface area contributed by atoms with Gasteiger partial charge in [-0.2, -0.15) is 0 Å². The van der Waals surface area contributed by atoms with Crippen molar-refractivity contribution >= 4 is 12.2 Å². The summed E-state index contributed by atoms with van der Waals surface area (Å²) >= 11 is 0. The molecule has 1 aromatic rings. The third-order valence-corrected chi connectivity index (χ3v) is 1.78. The fourth-order valence-corrected chi connectivity index (χ4v) is 1.09. The molecule has 13 heavy (non-hydrogen) atoms. The van der Waals surface area contributed by atoms with Crippen LogP contribution in [0, 0.1) is 0 Å². The molecule has 0 saturated heterocycles. The first kappa shape index (κ1) is 9.58. The van der Waals surface area contributed by atoms with E-state index < -0.39 is 0 Å². The lowest BCUT2D eigenvalue weighted by Crippen LogP contribution is -1.94. The van der Waals surface area contributed by atoms with E-state index >= 15 is 0 Å². The lowest BCUT2D eigenvalue weighted by molar-refractivity contribution is -0.128. The number of nitrogens with two attached hydrogens (primary N) is 1. The molecule has 0 heterocycles. The van der Waals surface area contributed by atoms with Gasteiger partial charge in [0.2, 0.25) is 0 Å². The first-order valence-corrected chi connectivity index (χ1v) is 4.22. The Morgan fingerprint density at radius 3 is 2.62 bits per heavy atom. The standard InChI is InChI=1S/C10H13NO2/c11-10-5-3-9(4-6-10)2-1-7-13-8-12/h3-6,8H,1-2,7,11H2. The number of ether oxygens (including phenoxy) is 1. The maximum absolute atomic E-state index is 9.82. The average molecular weight is 179 g/mol. The summed E-state index contributed by atoms with van der Waals surface area (Å²) < 4.78 is 4.57. The zero-order chi connectivity index (χ0) is 9.52. The number of carbonyl (C=O) groups excluding carboxylic acids is 1. The van der Waals surface area contributed by atoms with Crippen molar-refractivity contribution in [2.75, 3.05) is 12.3 Å². The van der Waals surface area contributed by atoms with Crippen LogP contribution in [-0.4, -0.2) is 13.1 Å². The molecule has 0 atom stereocenters. The Morgan fingerprint density at radius 2 is 2.00 bits per heavy atom. The van der Waals surface area contributed by atoms with Gasteiger partial charge in [0.05, 0.1) is 6.61 Å². The molecule has 1 rings (SSSR count). The van der Waals surface area contributed by atoms with Gasteiger partial charge in [-0.1, -0.05) is 12.1 Å². The molecule has 0 radical (unpaired) electrons. The number of aryl methyl sites for hydroxylation is 1. The van der Waals surface area contributed by atoms with Crippen LogP contribution in [0.15, 0.2) is 24.3 Å². The molecule has 0 bridgehead atoms. The topological polar surface area (TPSA) is 52.3 Å². The van der Waals surface area contributed by atoms with Crippen LogP contribution in [0.5, 0.6) is 0 Å². The van der Waals surface area contributed by atoms with Crippen molar-refractivity contribution in [2.24, 2.45) is 0 Å². The maximum atomic E-state index is 9.82. The number of benzene rings is 1. The largest absolute Gasteiger partial charge is 0.468 e. The Kier molecular flexibility index (Phi) is 3.82. The number of hydrogen-bond donors (Lipinski definition) is 1. The third kappa shape index (κ3) is 3.60. The number of nitrogen functional groups attached to an aromatic ring is 1. The van der Waals surface area contributed by atoms with E-state index in [1.54, 1.807) is 0 Å². The van der Waals surface area contributed by atoms with Gasteiger partial charge in [-0.15, -0.1) is 0 Å². The minimum atomic E-state index is 0.475. The minimum Gasteiger partial charge on any atom is -0.468 e. The zero-order valence-corrected chi connectivity index (χ0v) is 7.40. The van der Waals surface area contributed by atoms with Crippen molar-refractivity contribution in [3.8, 4) is 0 Å². The Hall–Kier alpha value is -1.51. The molecule has 3 nitrogen and oxygen atoms in total. The predicted octanol–water partition coefficient (Wildman–Crippen LogP) is 1.37. The van der Waals surface area contributed by atoms with Gasteiger partial charge in [-0.05, 0) is 30.5 Å². The highest BCUT2D eigenvalue weighted by Crippen LogP contribution is 2.07. The van der Waals surface area contributed by atoms with Gasteiger partial charge in [-0.25, -0.2) is 0 Å². The SMILES string of the molecule is Nc1ccc(CCCOC=O)cc1. The zero-order valence-electron chi connectivity index (χ0n) is 7.40. The van der Waals surface area contributed by atoms with Crippen LogP contribution in [0.3, 0.4) is 0 Å². The second-order valence-corrected chi connectivity index (χ2v) is 2.81. The Balaban J connectivity index is 2.28. The van der Waals surface area contributed by atoms with Crippen LogP contribution in [0.2, 0.25) is 0 Å². The van der Waals surface area contributed by atoms with Crippen molar-refractivity contribution in [3.05, 3.63) is 29.8 Å². The summed E-state index contributed by atoms with van der Waals surface area (Å²) in [5.41, 5.74) is 7.51. The monoisotopic (exact) mass is 179 g/mol. The van der Waals surface area contributed by atoms with Crippen LogP contribution in [-0.2, 0) is 16.0 Å². The van der Waals surface area contributed by atoms with E-state index in [-0.39, 0.29) is 0 Å². The fraction of sp³-hybridized carbons (Fsp3) is 0.300. The second kappa shape index (κ2) is 5.19. The molecular formula is C10H13NO2. The average Bonchev–Trinajstić information content (AvgIpc) is 2.15. The molecule has 0 aliphatic carbocycles. The van der Waals surface area contributed by atoms with Crippen molar-refractivity contribution in [2.45, 2.75) is 12.8 Å². The summed E-state index contributed by atoms with van der Waals surface area (Å²) in [6, 6.07) is 7.71. The molecule has 0 amide bonds. The summed E-state index contributed by atoms with van der Waals surface area (Å²) in [7, 11) is 0. The van der Waals surface area contributed by atoms with Crippen molar-refractivity contribution in [1.82, 2.24) is 0 Å². The Labute approximate surface area is 77.5 Å². The molecule has 1 aromatic carbocycles. The van der Waals surface area contributed by atoms with Crippen LogP contribution in [0.4, 0.5) is 5.69 Å². The smallest absolute Gasteiger partial charge is 0.293 e. The first-order valence-electron chi connectivity index (χ1n) is 4.22. The molecular weight excluding hydrogens is 166 g/mol. The second-order valence-electron chi connectivity index (χ2n) is 2.81. The molecule has 0 saturated carbocycles. The van der Waals surface area contributed by atoms with Gasteiger partial charge in [0.15, 0.2) is 0 Å². The number of carbonyl (C=O) groups is 1. The molecule has 0 unspecified atom stereocenters. The van der Waals surface area contributed by atoms with Crippen LogP contribution in [0.25, 0.3) is 0 Å². The number of rotatable bonds is 5. The predicted molar refractivity (Wildman–Crippen MR) is 51.2 cm³/mol. The van der Waals surface area contributed by atoms with Crippen LogP contribution >= 0.6 is 0 Å². The fourth-order valence-electron chi connectivity index (χ4n) is 1.09. The normalized spacial score (nSPS) is 9.54. The minimum absolute atomic E-state index is 0.475. The quantitative estimate of drug-likeness (QED) is 0.422. The molecule has 2 N–H and O–H groups in total.